The normalized spacial score (nSPS) is 19.5. The molecule has 0 unspecified atom stereocenters. The Morgan fingerprint density at radius 1 is 1.16 bits per heavy atom. The second kappa shape index (κ2) is 10.4. The van der Waals surface area contributed by atoms with Gasteiger partial charge < -0.3 is 15.6 Å². The highest BCUT2D eigenvalue weighted by molar-refractivity contribution is 5.91. The largest absolute Gasteiger partial charge is 0.496 e. The Morgan fingerprint density at radius 2 is 1.81 bits per heavy atom. The maximum Gasteiger partial charge on any atom is 0.338 e. The van der Waals surface area contributed by atoms with E-state index in [-0.39, 0.29) is 17.0 Å². The van der Waals surface area contributed by atoms with Gasteiger partial charge in [0, 0.05) is 17.5 Å². The van der Waals surface area contributed by atoms with Gasteiger partial charge in [-0.1, -0.05) is 26.0 Å². The summed E-state index contributed by atoms with van der Waals surface area (Å²) in [5.74, 6) is 0.171. The summed E-state index contributed by atoms with van der Waals surface area (Å²) < 4.78 is 19.2. The van der Waals surface area contributed by atoms with Gasteiger partial charge in [0.2, 0.25) is 0 Å². The summed E-state index contributed by atoms with van der Waals surface area (Å²) >= 11 is 0. The van der Waals surface area contributed by atoms with Gasteiger partial charge in [-0.2, -0.15) is 0 Å². The number of methoxy groups -OCH3 is 1. The van der Waals surface area contributed by atoms with Crippen LogP contribution in [0.1, 0.15) is 66.9 Å². The lowest BCUT2D eigenvalue weighted by Gasteiger charge is -2.31. The molecule has 6 heteroatoms. The van der Waals surface area contributed by atoms with Crippen LogP contribution in [0.15, 0.2) is 47.5 Å². The van der Waals surface area contributed by atoms with Crippen molar-refractivity contribution in [2.45, 2.75) is 45.4 Å². The summed E-state index contributed by atoms with van der Waals surface area (Å²) in [7, 11) is 1.38. The fourth-order valence-corrected chi connectivity index (χ4v) is 4.36. The van der Waals surface area contributed by atoms with E-state index in [1.807, 2.05) is 12.1 Å². The van der Waals surface area contributed by atoms with Crippen molar-refractivity contribution in [1.82, 2.24) is 0 Å². The quantitative estimate of drug-likeness (QED) is 0.507. The summed E-state index contributed by atoms with van der Waals surface area (Å²) in [5, 5.41) is 9.06. The number of hydrogen-bond acceptors (Lipinski definition) is 4. The first-order valence-corrected chi connectivity index (χ1v) is 11.0. The fourth-order valence-electron chi connectivity index (χ4n) is 4.36. The van der Waals surface area contributed by atoms with Crippen LogP contribution in [0, 0.1) is 17.7 Å². The standard InChI is InChI=1S/C26H31FN2O3/c1-16(2)17-4-6-18(7-5-17)19-8-10-20(11-9-19)29-13-12-24(28)22-14-23(27)21(26(30)31)15-25(22)32-3/h8-18H,4-7,28H2,1-3H3,(H,30,31)/b24-12-,29-13?. The molecular formula is C26H31FN2O3. The zero-order valence-electron chi connectivity index (χ0n) is 18.8. The number of nitrogens with two attached hydrogens (primary N) is 1. The molecule has 0 atom stereocenters. The molecule has 0 heterocycles. The highest BCUT2D eigenvalue weighted by Gasteiger charge is 2.24. The van der Waals surface area contributed by atoms with Crippen LogP contribution in [0.25, 0.3) is 5.70 Å². The second-order valence-electron chi connectivity index (χ2n) is 8.68. The minimum atomic E-state index is -1.37. The van der Waals surface area contributed by atoms with E-state index in [0.29, 0.717) is 5.92 Å². The second-order valence-corrected chi connectivity index (χ2v) is 8.68. The maximum absolute atomic E-state index is 14.1. The third-order valence-electron chi connectivity index (χ3n) is 6.39. The molecule has 0 aliphatic heterocycles. The molecule has 0 saturated heterocycles. The first kappa shape index (κ1) is 23.5. The SMILES string of the molecule is COc1cc(C(=O)O)c(F)cc1/C(N)=C/C=Nc1ccc(C2CCC(C(C)C)CC2)cc1. The van der Waals surface area contributed by atoms with Crippen LogP contribution < -0.4 is 10.5 Å². The number of carboxylic acids is 1. The highest BCUT2D eigenvalue weighted by atomic mass is 19.1. The van der Waals surface area contributed by atoms with Gasteiger partial charge in [0.25, 0.3) is 0 Å². The van der Waals surface area contributed by atoms with Crippen molar-refractivity contribution in [3.05, 3.63) is 65.0 Å². The van der Waals surface area contributed by atoms with Gasteiger partial charge in [0.1, 0.15) is 11.6 Å². The van der Waals surface area contributed by atoms with E-state index < -0.39 is 17.3 Å². The molecule has 0 amide bonds. The molecule has 170 valence electrons. The molecule has 1 saturated carbocycles. The molecule has 1 aliphatic rings. The third kappa shape index (κ3) is 5.55. The molecule has 0 radical (unpaired) electrons. The number of aliphatic imine (C=N–C) groups is 1. The summed E-state index contributed by atoms with van der Waals surface area (Å²) in [6.45, 7) is 4.63. The van der Waals surface area contributed by atoms with Crippen LogP contribution in [0.3, 0.4) is 0 Å². The Bertz CT molecular complexity index is 1000. The van der Waals surface area contributed by atoms with Crippen molar-refractivity contribution >= 4 is 23.6 Å². The minimum absolute atomic E-state index is 0.183. The molecule has 5 nitrogen and oxygen atoms in total. The van der Waals surface area contributed by atoms with Crippen molar-refractivity contribution in [2.75, 3.05) is 7.11 Å². The highest BCUT2D eigenvalue weighted by Crippen LogP contribution is 2.39. The Hall–Kier alpha value is -3.15. The summed E-state index contributed by atoms with van der Waals surface area (Å²) in [4.78, 5) is 15.5. The summed E-state index contributed by atoms with van der Waals surface area (Å²) in [5.41, 5.74) is 8.25. The van der Waals surface area contributed by atoms with E-state index in [0.717, 1.165) is 29.7 Å². The molecule has 2 aromatic rings. The van der Waals surface area contributed by atoms with Gasteiger partial charge in [-0.05, 0) is 79.3 Å². The van der Waals surface area contributed by atoms with Crippen molar-refractivity contribution in [1.29, 1.82) is 0 Å². The number of nitrogens with zero attached hydrogens (tertiary/aromatic N) is 1. The molecule has 3 N–H and O–H groups in total. The molecule has 2 aromatic carbocycles. The van der Waals surface area contributed by atoms with E-state index in [2.05, 4.69) is 31.0 Å². The molecule has 0 aromatic heterocycles. The third-order valence-corrected chi connectivity index (χ3v) is 6.39. The van der Waals surface area contributed by atoms with Gasteiger partial charge in [0.15, 0.2) is 0 Å². The summed E-state index contributed by atoms with van der Waals surface area (Å²) in [6, 6.07) is 10.5. The van der Waals surface area contributed by atoms with E-state index >= 15 is 0 Å². The van der Waals surface area contributed by atoms with Crippen LogP contribution in [0.2, 0.25) is 0 Å². The number of hydrogen-bond donors (Lipinski definition) is 2. The zero-order chi connectivity index (χ0) is 23.3. The van der Waals surface area contributed by atoms with Crippen LogP contribution in [0.4, 0.5) is 10.1 Å². The monoisotopic (exact) mass is 438 g/mol. The number of aromatic carboxylic acids is 1. The Labute approximate surface area is 188 Å². The van der Waals surface area contributed by atoms with Gasteiger partial charge >= 0.3 is 5.97 Å². The van der Waals surface area contributed by atoms with Crippen molar-refractivity contribution < 1.29 is 19.0 Å². The molecule has 0 bridgehead atoms. The predicted octanol–water partition coefficient (Wildman–Crippen LogP) is 6.16. The molecule has 32 heavy (non-hydrogen) atoms. The fraction of sp³-hybridized carbons (Fsp3) is 0.385. The van der Waals surface area contributed by atoms with Crippen LogP contribution in [0.5, 0.6) is 5.75 Å². The minimum Gasteiger partial charge on any atom is -0.496 e. The van der Waals surface area contributed by atoms with Gasteiger partial charge in [-0.25, -0.2) is 9.18 Å². The lowest BCUT2D eigenvalue weighted by atomic mass is 9.75. The first-order chi connectivity index (χ1) is 15.3. The van der Waals surface area contributed by atoms with Crippen molar-refractivity contribution in [3.63, 3.8) is 0 Å². The van der Waals surface area contributed by atoms with Crippen molar-refractivity contribution in [2.24, 2.45) is 22.6 Å². The number of rotatable bonds is 7. The molecular weight excluding hydrogens is 407 g/mol. The van der Waals surface area contributed by atoms with Crippen molar-refractivity contribution in [3.8, 4) is 5.75 Å². The van der Waals surface area contributed by atoms with Gasteiger partial charge in [0.05, 0.1) is 18.4 Å². The van der Waals surface area contributed by atoms with E-state index in [4.69, 9.17) is 15.6 Å². The predicted molar refractivity (Wildman–Crippen MR) is 126 cm³/mol. The van der Waals surface area contributed by atoms with Crippen LogP contribution >= 0.6 is 0 Å². The average Bonchev–Trinajstić information content (AvgIpc) is 2.79. The lowest BCUT2D eigenvalue weighted by Crippen LogP contribution is -2.17. The van der Waals surface area contributed by atoms with Crippen LogP contribution in [-0.2, 0) is 0 Å². The number of carbonyl (C=O) groups is 1. The smallest absolute Gasteiger partial charge is 0.338 e. The van der Waals surface area contributed by atoms with Crippen LogP contribution in [-0.4, -0.2) is 24.4 Å². The molecule has 1 fully saturated rings. The maximum atomic E-state index is 14.1. The zero-order valence-corrected chi connectivity index (χ0v) is 18.8. The molecule has 3 rings (SSSR count). The van der Waals surface area contributed by atoms with Gasteiger partial charge in [-0.15, -0.1) is 0 Å². The molecule has 0 spiro atoms. The molecule has 1 aliphatic carbocycles. The number of benzene rings is 2. The first-order valence-electron chi connectivity index (χ1n) is 11.0. The Balaban J connectivity index is 1.68. The topological polar surface area (TPSA) is 84.9 Å². The number of halogens is 1. The number of carboxylic acid groups (broad SMARTS) is 1. The Morgan fingerprint density at radius 3 is 2.38 bits per heavy atom. The van der Waals surface area contributed by atoms with E-state index in [9.17, 15) is 9.18 Å². The average molecular weight is 439 g/mol. The summed E-state index contributed by atoms with van der Waals surface area (Å²) in [6.07, 6.45) is 8.15. The lowest BCUT2D eigenvalue weighted by molar-refractivity contribution is 0.0691. The van der Waals surface area contributed by atoms with E-state index in [1.165, 1.54) is 38.4 Å². The number of ether oxygens (including phenoxy) is 1. The number of allylic oxidation sites excluding steroid dienone is 1. The van der Waals surface area contributed by atoms with Gasteiger partial charge in [-0.3, -0.25) is 4.99 Å². The Kier molecular flexibility index (Phi) is 7.67. The van der Waals surface area contributed by atoms with E-state index in [1.54, 1.807) is 12.3 Å².